The number of rotatable bonds is 3. The standard InChI is InChI=1S/C27H18ClNO/c1-17-10-12-24-21(14-17)16-20(27(28)29-24)11-13-25(30)26-22-8-4-2-6-18(22)15-19-7-3-5-9-23(19)26/h2-16H,1H3/b13-11+. The molecule has 0 amide bonds. The zero-order valence-corrected chi connectivity index (χ0v) is 17.1. The third kappa shape index (κ3) is 3.26. The molecule has 0 saturated carbocycles. The lowest BCUT2D eigenvalue weighted by Crippen LogP contribution is -1.98. The smallest absolute Gasteiger partial charge is 0.187 e. The van der Waals surface area contributed by atoms with Gasteiger partial charge in [-0.2, -0.15) is 0 Å². The highest BCUT2D eigenvalue weighted by Gasteiger charge is 2.13. The van der Waals surface area contributed by atoms with Crippen LogP contribution in [0.25, 0.3) is 38.5 Å². The molecule has 0 aliphatic carbocycles. The summed E-state index contributed by atoms with van der Waals surface area (Å²) in [6, 6.07) is 26.1. The summed E-state index contributed by atoms with van der Waals surface area (Å²) in [6.45, 7) is 2.04. The predicted molar refractivity (Wildman–Crippen MR) is 126 cm³/mol. The van der Waals surface area contributed by atoms with Crippen LogP contribution in [0.4, 0.5) is 0 Å². The van der Waals surface area contributed by atoms with Gasteiger partial charge in [0.05, 0.1) is 5.52 Å². The second kappa shape index (κ2) is 7.40. The van der Waals surface area contributed by atoms with Crippen molar-refractivity contribution in [3.05, 3.63) is 107 Å². The van der Waals surface area contributed by atoms with Crippen LogP contribution >= 0.6 is 11.6 Å². The first-order valence-electron chi connectivity index (χ1n) is 9.80. The van der Waals surface area contributed by atoms with Crippen LogP contribution in [0.1, 0.15) is 21.5 Å². The van der Waals surface area contributed by atoms with Crippen molar-refractivity contribution in [3.8, 4) is 0 Å². The van der Waals surface area contributed by atoms with Crippen LogP contribution in [0.3, 0.4) is 0 Å². The minimum absolute atomic E-state index is 0.0524. The molecule has 1 aromatic heterocycles. The Morgan fingerprint density at radius 1 is 0.833 bits per heavy atom. The lowest BCUT2D eigenvalue weighted by molar-refractivity contribution is 0.105. The number of carbonyl (C=O) groups is 1. The van der Waals surface area contributed by atoms with Gasteiger partial charge in [-0.1, -0.05) is 71.8 Å². The van der Waals surface area contributed by atoms with Gasteiger partial charge in [0.15, 0.2) is 5.78 Å². The number of allylic oxidation sites excluding steroid dienone is 1. The molecule has 0 fully saturated rings. The molecule has 0 N–H and O–H groups in total. The average Bonchev–Trinajstić information content (AvgIpc) is 2.76. The maximum absolute atomic E-state index is 13.3. The number of aryl methyl sites for hydroxylation is 1. The number of benzene rings is 4. The van der Waals surface area contributed by atoms with E-state index in [4.69, 9.17) is 11.6 Å². The van der Waals surface area contributed by atoms with Crippen molar-refractivity contribution in [2.45, 2.75) is 6.92 Å². The van der Waals surface area contributed by atoms with Crippen molar-refractivity contribution in [2.75, 3.05) is 0 Å². The summed E-state index contributed by atoms with van der Waals surface area (Å²) < 4.78 is 0. The largest absolute Gasteiger partial charge is 0.289 e. The van der Waals surface area contributed by atoms with Gasteiger partial charge in [0, 0.05) is 16.5 Å². The van der Waals surface area contributed by atoms with Crippen LogP contribution in [0.2, 0.25) is 5.15 Å². The number of carbonyl (C=O) groups excluding carboxylic acids is 1. The fourth-order valence-corrected chi connectivity index (χ4v) is 4.14. The minimum Gasteiger partial charge on any atom is -0.289 e. The number of aromatic nitrogens is 1. The molecule has 0 bridgehead atoms. The van der Waals surface area contributed by atoms with Crippen LogP contribution in [0.5, 0.6) is 0 Å². The topological polar surface area (TPSA) is 30.0 Å². The van der Waals surface area contributed by atoms with Crippen molar-refractivity contribution >= 4 is 55.9 Å². The van der Waals surface area contributed by atoms with Crippen LogP contribution in [0, 0.1) is 6.92 Å². The first kappa shape index (κ1) is 18.5. The number of halogens is 1. The Morgan fingerprint density at radius 3 is 2.20 bits per heavy atom. The van der Waals surface area contributed by atoms with Crippen molar-refractivity contribution in [3.63, 3.8) is 0 Å². The molecule has 4 aromatic carbocycles. The zero-order chi connectivity index (χ0) is 20.7. The predicted octanol–water partition coefficient (Wildman–Crippen LogP) is 7.40. The number of ketones is 1. The highest BCUT2D eigenvalue weighted by Crippen LogP contribution is 2.30. The fourth-order valence-electron chi connectivity index (χ4n) is 3.93. The van der Waals surface area contributed by atoms with Gasteiger partial charge in [0.1, 0.15) is 5.15 Å². The molecule has 30 heavy (non-hydrogen) atoms. The molecule has 1 heterocycles. The van der Waals surface area contributed by atoms with E-state index in [9.17, 15) is 4.79 Å². The molecule has 0 unspecified atom stereocenters. The molecule has 144 valence electrons. The first-order chi connectivity index (χ1) is 14.6. The number of nitrogens with zero attached hydrogens (tertiary/aromatic N) is 1. The van der Waals surface area contributed by atoms with E-state index in [1.54, 1.807) is 12.2 Å². The molecule has 0 radical (unpaired) electrons. The maximum atomic E-state index is 13.3. The Kier molecular flexibility index (Phi) is 4.57. The molecule has 5 aromatic rings. The number of hydrogen-bond donors (Lipinski definition) is 0. The Bertz CT molecular complexity index is 1430. The van der Waals surface area contributed by atoms with Crippen LogP contribution in [0.15, 0.2) is 84.9 Å². The molecule has 3 heteroatoms. The lowest BCUT2D eigenvalue weighted by atomic mass is 9.94. The van der Waals surface area contributed by atoms with E-state index in [-0.39, 0.29) is 5.78 Å². The number of hydrogen-bond acceptors (Lipinski definition) is 2. The molecule has 0 atom stereocenters. The Hall–Kier alpha value is -3.49. The third-order valence-electron chi connectivity index (χ3n) is 5.38. The van der Waals surface area contributed by atoms with Gasteiger partial charge in [0.25, 0.3) is 0 Å². The van der Waals surface area contributed by atoms with Gasteiger partial charge < -0.3 is 0 Å². The van der Waals surface area contributed by atoms with Crippen molar-refractivity contribution < 1.29 is 4.79 Å². The fraction of sp³-hybridized carbons (Fsp3) is 0.0370. The average molecular weight is 408 g/mol. The molecule has 0 aliphatic rings. The second-order valence-corrected chi connectivity index (χ2v) is 7.81. The highest BCUT2D eigenvalue weighted by molar-refractivity contribution is 6.31. The Morgan fingerprint density at radius 2 is 1.50 bits per heavy atom. The minimum atomic E-state index is -0.0524. The van der Waals surface area contributed by atoms with Crippen LogP contribution in [-0.4, -0.2) is 10.8 Å². The number of pyridine rings is 1. The van der Waals surface area contributed by atoms with Crippen molar-refractivity contribution in [1.29, 1.82) is 0 Å². The molecular weight excluding hydrogens is 390 g/mol. The van der Waals surface area contributed by atoms with Crippen LogP contribution in [-0.2, 0) is 0 Å². The molecule has 0 aliphatic heterocycles. The van der Waals surface area contributed by atoms with E-state index >= 15 is 0 Å². The van der Waals surface area contributed by atoms with Gasteiger partial charge in [0.2, 0.25) is 0 Å². The first-order valence-corrected chi connectivity index (χ1v) is 10.2. The molecule has 0 spiro atoms. The van der Waals surface area contributed by atoms with E-state index < -0.39 is 0 Å². The lowest BCUT2D eigenvalue weighted by Gasteiger charge is -2.09. The molecule has 0 saturated heterocycles. The van der Waals surface area contributed by atoms with Gasteiger partial charge in [-0.05, 0) is 64.9 Å². The summed E-state index contributed by atoms with van der Waals surface area (Å²) >= 11 is 6.39. The summed E-state index contributed by atoms with van der Waals surface area (Å²) in [6.07, 6.45) is 3.36. The Labute approximate surface area is 179 Å². The highest BCUT2D eigenvalue weighted by atomic mass is 35.5. The van der Waals surface area contributed by atoms with E-state index in [2.05, 4.69) is 17.1 Å². The number of fused-ring (bicyclic) bond motifs is 3. The van der Waals surface area contributed by atoms with Crippen molar-refractivity contribution in [2.24, 2.45) is 0 Å². The van der Waals surface area contributed by atoms with E-state index in [0.29, 0.717) is 10.7 Å². The van der Waals surface area contributed by atoms with E-state index in [1.807, 2.05) is 73.7 Å². The van der Waals surface area contributed by atoms with Gasteiger partial charge in [-0.15, -0.1) is 0 Å². The summed E-state index contributed by atoms with van der Waals surface area (Å²) in [7, 11) is 0. The maximum Gasteiger partial charge on any atom is 0.187 e. The van der Waals surface area contributed by atoms with Gasteiger partial charge in [-0.25, -0.2) is 4.98 Å². The quantitative estimate of drug-likeness (QED) is 0.135. The molecular formula is C27H18ClNO. The zero-order valence-electron chi connectivity index (χ0n) is 16.4. The normalized spacial score (nSPS) is 11.7. The van der Waals surface area contributed by atoms with Crippen molar-refractivity contribution in [1.82, 2.24) is 4.98 Å². The summed E-state index contributed by atoms with van der Waals surface area (Å²) in [5, 5.41) is 5.39. The monoisotopic (exact) mass is 407 g/mol. The summed E-state index contributed by atoms with van der Waals surface area (Å²) in [5.74, 6) is -0.0524. The Balaban J connectivity index is 1.63. The van der Waals surface area contributed by atoms with Crippen LogP contribution < -0.4 is 0 Å². The molecule has 2 nitrogen and oxygen atoms in total. The SMILES string of the molecule is Cc1ccc2nc(Cl)c(/C=C/C(=O)c3c4ccccc4cc4ccccc34)cc2c1. The van der Waals surface area contributed by atoms with E-state index in [0.717, 1.165) is 43.6 Å². The van der Waals surface area contributed by atoms with Gasteiger partial charge in [-0.3, -0.25) is 4.79 Å². The van der Waals surface area contributed by atoms with E-state index in [1.165, 1.54) is 0 Å². The van der Waals surface area contributed by atoms with Gasteiger partial charge >= 0.3 is 0 Å². The second-order valence-electron chi connectivity index (χ2n) is 7.46. The summed E-state index contributed by atoms with van der Waals surface area (Å²) in [5.41, 5.74) is 3.43. The third-order valence-corrected chi connectivity index (χ3v) is 5.69. The molecule has 5 rings (SSSR count). The summed E-state index contributed by atoms with van der Waals surface area (Å²) in [4.78, 5) is 17.8.